The first-order chi connectivity index (χ1) is 20.5. The number of nitrogens with zero attached hydrogens (tertiary/aromatic N) is 6. The summed E-state index contributed by atoms with van der Waals surface area (Å²) in [5.74, 6) is -3.28. The molecule has 2 aromatic heterocycles. The number of hydrogen-bond donors (Lipinski definition) is 5. The number of fused-ring (bicyclic) bond motifs is 1. The Morgan fingerprint density at radius 2 is 2.00 bits per heavy atom. The highest BCUT2D eigenvalue weighted by Gasteiger charge is 2.54. The molecule has 43 heavy (non-hydrogen) atoms. The summed E-state index contributed by atoms with van der Waals surface area (Å²) in [5.41, 5.74) is 5.03. The van der Waals surface area contributed by atoms with E-state index in [1.165, 1.54) is 35.6 Å². The van der Waals surface area contributed by atoms with Gasteiger partial charge in [0.15, 0.2) is 10.9 Å². The van der Waals surface area contributed by atoms with Gasteiger partial charge in [-0.3, -0.25) is 19.3 Å². The number of nitrogen functional groups attached to an aromatic ring is 1. The van der Waals surface area contributed by atoms with E-state index in [1.54, 1.807) is 12.1 Å². The molecule has 2 amide bonds. The van der Waals surface area contributed by atoms with Crippen molar-refractivity contribution in [1.29, 1.82) is 0 Å². The first kappa shape index (κ1) is 29.5. The van der Waals surface area contributed by atoms with E-state index in [-0.39, 0.29) is 52.1 Å². The third-order valence-corrected chi connectivity index (χ3v) is 8.57. The zero-order valence-corrected chi connectivity index (χ0v) is 23.7. The molecule has 0 aliphatic carbocycles. The lowest BCUT2D eigenvalue weighted by atomic mass is 10.0. The second-order valence-electron chi connectivity index (χ2n) is 9.00. The SMILES string of the molecule is Cn1nc(O)c(=O)nc1SCC1=C(C(=O)O)N2C(=O)[C@@H](NC(=O)C(=NOCc3ccc(O)cc3)c3coc(N)n3)[C@@H]2SC1. The van der Waals surface area contributed by atoms with Crippen LogP contribution >= 0.6 is 23.5 Å². The molecule has 3 aromatic rings. The summed E-state index contributed by atoms with van der Waals surface area (Å²) >= 11 is 2.25. The molecule has 0 saturated carbocycles. The van der Waals surface area contributed by atoms with Crippen molar-refractivity contribution in [3.05, 3.63) is 63.4 Å². The van der Waals surface area contributed by atoms with E-state index in [4.69, 9.17) is 15.0 Å². The van der Waals surface area contributed by atoms with E-state index in [9.17, 15) is 34.5 Å². The van der Waals surface area contributed by atoms with E-state index >= 15 is 0 Å². The Kier molecular flexibility index (Phi) is 8.26. The maximum Gasteiger partial charge on any atom is 0.352 e. The van der Waals surface area contributed by atoms with Gasteiger partial charge in [0.2, 0.25) is 0 Å². The van der Waals surface area contributed by atoms with Gasteiger partial charge in [0, 0.05) is 18.6 Å². The number of rotatable bonds is 10. The average molecular weight is 631 g/mol. The number of aromatic nitrogens is 4. The number of oxime groups is 1. The van der Waals surface area contributed by atoms with E-state index in [2.05, 4.69) is 25.5 Å². The van der Waals surface area contributed by atoms with Crippen LogP contribution in [0.3, 0.4) is 0 Å². The number of β-lactam (4-membered cyclic amide) rings is 1. The van der Waals surface area contributed by atoms with Gasteiger partial charge in [-0.2, -0.15) is 9.97 Å². The maximum absolute atomic E-state index is 13.2. The van der Waals surface area contributed by atoms with E-state index in [0.29, 0.717) is 11.1 Å². The van der Waals surface area contributed by atoms with Crippen molar-refractivity contribution in [2.75, 3.05) is 17.2 Å². The van der Waals surface area contributed by atoms with Crippen LogP contribution in [0.1, 0.15) is 11.3 Å². The highest BCUT2D eigenvalue weighted by atomic mass is 32.2. The molecule has 17 nitrogen and oxygen atoms in total. The number of aliphatic carboxylic acids is 1. The number of amides is 2. The molecule has 0 unspecified atom stereocenters. The number of phenolic OH excluding ortho intramolecular Hbond substituents is 1. The van der Waals surface area contributed by atoms with E-state index < -0.39 is 40.6 Å². The van der Waals surface area contributed by atoms with Gasteiger partial charge in [-0.15, -0.1) is 16.9 Å². The summed E-state index contributed by atoms with van der Waals surface area (Å²) in [6.07, 6.45) is 1.09. The molecule has 4 heterocycles. The lowest BCUT2D eigenvalue weighted by Crippen LogP contribution is -2.71. The predicted molar refractivity (Wildman–Crippen MR) is 150 cm³/mol. The van der Waals surface area contributed by atoms with Crippen molar-refractivity contribution in [2.45, 2.75) is 23.2 Å². The summed E-state index contributed by atoms with van der Waals surface area (Å²) in [5, 5.41) is 38.3. The molecule has 0 bridgehead atoms. The van der Waals surface area contributed by atoms with Crippen molar-refractivity contribution < 1.29 is 39.0 Å². The Morgan fingerprint density at radius 3 is 2.67 bits per heavy atom. The van der Waals surface area contributed by atoms with Gasteiger partial charge in [0.25, 0.3) is 23.7 Å². The quantitative estimate of drug-likeness (QED) is 0.0828. The number of thioether (sulfide) groups is 2. The topological polar surface area (TPSA) is 249 Å². The maximum atomic E-state index is 13.2. The smallest absolute Gasteiger partial charge is 0.352 e. The fraction of sp³-hybridized carbons (Fsp3) is 0.250. The Morgan fingerprint density at radius 1 is 1.26 bits per heavy atom. The molecule has 5 rings (SSSR count). The van der Waals surface area contributed by atoms with E-state index in [0.717, 1.165) is 22.9 Å². The second-order valence-corrected chi connectivity index (χ2v) is 11.1. The van der Waals surface area contributed by atoms with Crippen molar-refractivity contribution in [3.8, 4) is 11.6 Å². The standard InChI is InChI=1S/C24H22N8O9S2/c1-31-24(28-18(35)19(36)29-31)43-9-11-8-42-21-15(20(37)32(21)16(11)22(38)39)27-17(34)14(13-7-40-23(25)26-13)30-41-6-10-2-4-12(33)5-3-10/h2-5,7,15,21,33H,6,8-9H2,1H3,(H2,25,26)(H,27,34)(H,29,36)(H,38,39)/t15-,21+/m1/s1. The normalized spacial score (nSPS) is 18.2. The number of aryl methyl sites for hydroxylation is 1. The van der Waals surface area contributed by atoms with Crippen LogP contribution < -0.4 is 16.6 Å². The van der Waals surface area contributed by atoms with Crippen molar-refractivity contribution in [1.82, 2.24) is 30.0 Å². The van der Waals surface area contributed by atoms with Crippen molar-refractivity contribution >= 4 is 53.0 Å². The first-order valence-electron chi connectivity index (χ1n) is 12.2. The third-order valence-electron chi connectivity index (χ3n) is 6.12. The zero-order valence-electron chi connectivity index (χ0n) is 22.0. The monoisotopic (exact) mass is 630 g/mol. The van der Waals surface area contributed by atoms with Gasteiger partial charge in [-0.25, -0.2) is 9.48 Å². The minimum Gasteiger partial charge on any atom is -0.508 e. The number of nitrogens with one attached hydrogen (secondary N) is 1. The lowest BCUT2D eigenvalue weighted by Gasteiger charge is -2.49. The molecule has 224 valence electrons. The highest BCUT2D eigenvalue weighted by molar-refractivity contribution is 8.01. The number of carbonyl (C=O) groups is 3. The molecule has 0 spiro atoms. The van der Waals surface area contributed by atoms with Crippen LogP contribution in [0, 0.1) is 0 Å². The summed E-state index contributed by atoms with van der Waals surface area (Å²) in [7, 11) is 1.46. The molecule has 6 N–H and O–H groups in total. The fourth-order valence-electron chi connectivity index (χ4n) is 4.08. The van der Waals surface area contributed by atoms with Gasteiger partial charge in [0.05, 0.1) is 0 Å². The Labute approximate surface area is 249 Å². The number of carboxylic acids is 1. The number of benzene rings is 1. The number of carbonyl (C=O) groups excluding carboxylic acids is 2. The fourth-order valence-corrected chi connectivity index (χ4v) is 6.48. The average Bonchev–Trinajstić information content (AvgIpc) is 3.40. The van der Waals surface area contributed by atoms with Crippen LogP contribution in [0.5, 0.6) is 11.6 Å². The number of phenols is 1. The van der Waals surface area contributed by atoms with Crippen LogP contribution in [0.15, 0.2) is 61.3 Å². The molecule has 2 aliphatic rings. The third kappa shape index (κ3) is 6.11. The predicted octanol–water partition coefficient (Wildman–Crippen LogP) is -0.391. The van der Waals surface area contributed by atoms with Crippen molar-refractivity contribution in [3.63, 3.8) is 0 Å². The molecular weight excluding hydrogens is 608 g/mol. The molecule has 1 fully saturated rings. The Hall–Kier alpha value is -5.04. The Bertz CT molecular complexity index is 1720. The minimum absolute atomic E-state index is 0.0576. The second kappa shape index (κ2) is 12.1. The summed E-state index contributed by atoms with van der Waals surface area (Å²) in [6.45, 7) is -0.0591. The van der Waals surface area contributed by atoms with Crippen LogP contribution in [0.4, 0.5) is 6.01 Å². The minimum atomic E-state index is -1.34. The molecule has 2 aliphatic heterocycles. The number of carboxylic acid groups (broad SMARTS) is 1. The molecule has 2 atom stereocenters. The summed E-state index contributed by atoms with van der Waals surface area (Å²) in [6, 6.07) is 4.79. The number of anilines is 1. The van der Waals surface area contributed by atoms with Gasteiger partial charge in [0.1, 0.15) is 41.4 Å². The molecule has 19 heteroatoms. The van der Waals surface area contributed by atoms with Crippen LogP contribution in [-0.2, 0) is 32.9 Å². The van der Waals surface area contributed by atoms with Crippen molar-refractivity contribution in [2.24, 2.45) is 12.2 Å². The van der Waals surface area contributed by atoms with Gasteiger partial charge >= 0.3 is 11.5 Å². The van der Waals surface area contributed by atoms with Gasteiger partial charge < -0.3 is 35.6 Å². The van der Waals surface area contributed by atoms with Crippen LogP contribution in [0.25, 0.3) is 0 Å². The number of nitrogens with two attached hydrogens (primary N) is 1. The van der Waals surface area contributed by atoms with E-state index in [1.807, 2.05) is 0 Å². The molecular formula is C24H22N8O9S2. The zero-order chi connectivity index (χ0) is 30.8. The van der Waals surface area contributed by atoms with Crippen LogP contribution in [-0.4, -0.2) is 86.4 Å². The summed E-state index contributed by atoms with van der Waals surface area (Å²) in [4.78, 5) is 64.3. The van der Waals surface area contributed by atoms with Gasteiger partial charge in [-0.1, -0.05) is 29.1 Å². The lowest BCUT2D eigenvalue weighted by molar-refractivity contribution is -0.150. The highest BCUT2D eigenvalue weighted by Crippen LogP contribution is 2.41. The Balaban J connectivity index is 1.30. The molecule has 1 aromatic carbocycles. The largest absolute Gasteiger partial charge is 0.508 e. The first-order valence-corrected chi connectivity index (χ1v) is 14.2. The van der Waals surface area contributed by atoms with Crippen LogP contribution in [0.2, 0.25) is 0 Å². The van der Waals surface area contributed by atoms with Gasteiger partial charge in [-0.05, 0) is 23.3 Å². The molecule has 0 radical (unpaired) electrons. The number of oxazole rings is 1. The number of hydrogen-bond acceptors (Lipinski definition) is 15. The number of aromatic hydroxyl groups is 2. The molecule has 1 saturated heterocycles. The summed E-state index contributed by atoms with van der Waals surface area (Å²) < 4.78 is 6.16.